The smallest absolute Gasteiger partial charge is 0.236 e. The van der Waals surface area contributed by atoms with Crippen molar-refractivity contribution >= 4 is 29.5 Å². The van der Waals surface area contributed by atoms with E-state index in [9.17, 15) is 9.59 Å². The first-order chi connectivity index (χ1) is 10.6. The molecular weight excluding hydrogens is 300 g/mol. The Morgan fingerprint density at radius 3 is 3.09 bits per heavy atom. The molecule has 3 rings (SSSR count). The topological polar surface area (TPSA) is 58.5 Å². The maximum Gasteiger partial charge on any atom is 0.236 e. The Morgan fingerprint density at radius 1 is 1.41 bits per heavy atom. The number of ketones is 1. The van der Waals surface area contributed by atoms with Crippen LogP contribution in [0.25, 0.3) is 0 Å². The van der Waals surface area contributed by atoms with E-state index in [4.69, 9.17) is 11.6 Å². The van der Waals surface area contributed by atoms with Gasteiger partial charge in [-0.15, -0.1) is 0 Å². The van der Waals surface area contributed by atoms with E-state index in [1.807, 2.05) is 18.2 Å². The van der Waals surface area contributed by atoms with Crippen molar-refractivity contribution in [3.05, 3.63) is 46.5 Å². The zero-order valence-corrected chi connectivity index (χ0v) is 12.8. The van der Waals surface area contributed by atoms with Crippen LogP contribution in [0, 0.1) is 5.92 Å². The monoisotopic (exact) mass is 316 g/mol. The molecule has 0 aromatic heterocycles. The SMILES string of the molecule is O=C(NCc1cccc(Cl)c1)C1C=NC2CCCC=C2C1=O. The lowest BCUT2D eigenvalue weighted by molar-refractivity contribution is -0.129. The highest BCUT2D eigenvalue weighted by molar-refractivity contribution is 6.30. The third-order valence-electron chi connectivity index (χ3n) is 4.03. The molecule has 1 aromatic carbocycles. The first-order valence-electron chi connectivity index (χ1n) is 7.45. The Morgan fingerprint density at radius 2 is 2.27 bits per heavy atom. The molecule has 0 spiro atoms. The Hall–Kier alpha value is -1.94. The highest BCUT2D eigenvalue weighted by Crippen LogP contribution is 2.27. The molecule has 1 aromatic rings. The first-order valence-corrected chi connectivity index (χ1v) is 7.82. The summed E-state index contributed by atoms with van der Waals surface area (Å²) in [6.07, 6.45) is 6.27. The molecule has 1 aliphatic carbocycles. The van der Waals surface area contributed by atoms with E-state index in [0.717, 1.165) is 24.8 Å². The largest absolute Gasteiger partial charge is 0.351 e. The minimum absolute atomic E-state index is 0.0433. The number of rotatable bonds is 3. The van der Waals surface area contributed by atoms with E-state index in [2.05, 4.69) is 10.3 Å². The lowest BCUT2D eigenvalue weighted by Gasteiger charge is -2.26. The Balaban J connectivity index is 1.66. The van der Waals surface area contributed by atoms with Crippen molar-refractivity contribution in [2.75, 3.05) is 0 Å². The van der Waals surface area contributed by atoms with E-state index in [-0.39, 0.29) is 17.7 Å². The van der Waals surface area contributed by atoms with Crippen molar-refractivity contribution in [3.63, 3.8) is 0 Å². The van der Waals surface area contributed by atoms with Gasteiger partial charge in [-0.25, -0.2) is 0 Å². The van der Waals surface area contributed by atoms with Crippen molar-refractivity contribution in [3.8, 4) is 0 Å². The highest BCUT2D eigenvalue weighted by Gasteiger charge is 2.35. The van der Waals surface area contributed by atoms with Crippen molar-refractivity contribution < 1.29 is 9.59 Å². The van der Waals surface area contributed by atoms with Gasteiger partial charge in [0.25, 0.3) is 0 Å². The summed E-state index contributed by atoms with van der Waals surface area (Å²) in [5.74, 6) is -1.22. The minimum atomic E-state index is -0.806. The summed E-state index contributed by atoms with van der Waals surface area (Å²) in [6.45, 7) is 0.347. The van der Waals surface area contributed by atoms with Crippen molar-refractivity contribution in [2.45, 2.75) is 31.8 Å². The minimum Gasteiger partial charge on any atom is -0.351 e. The van der Waals surface area contributed by atoms with Crippen molar-refractivity contribution in [2.24, 2.45) is 10.9 Å². The lowest BCUT2D eigenvalue weighted by Crippen LogP contribution is -2.41. The number of fused-ring (bicyclic) bond motifs is 1. The maximum atomic E-state index is 12.4. The van der Waals surface area contributed by atoms with Gasteiger partial charge in [-0.3, -0.25) is 14.6 Å². The molecule has 1 aliphatic heterocycles. The van der Waals surface area contributed by atoms with Crippen LogP contribution in [0.3, 0.4) is 0 Å². The fraction of sp³-hybridized carbons (Fsp3) is 0.353. The van der Waals surface area contributed by atoms with E-state index in [1.54, 1.807) is 12.1 Å². The summed E-state index contributed by atoms with van der Waals surface area (Å²) >= 11 is 5.91. The number of nitrogens with one attached hydrogen (secondary N) is 1. The number of halogens is 1. The van der Waals surface area contributed by atoms with E-state index >= 15 is 0 Å². The van der Waals surface area contributed by atoms with E-state index in [0.29, 0.717) is 17.1 Å². The fourth-order valence-corrected chi connectivity index (χ4v) is 3.06. The molecule has 5 heteroatoms. The molecule has 0 bridgehead atoms. The summed E-state index contributed by atoms with van der Waals surface area (Å²) in [4.78, 5) is 29.1. The number of benzene rings is 1. The summed E-state index contributed by atoms with van der Waals surface area (Å²) in [5, 5.41) is 3.41. The Kier molecular flexibility index (Phi) is 4.39. The van der Waals surface area contributed by atoms with Gasteiger partial charge in [0.2, 0.25) is 5.91 Å². The molecule has 114 valence electrons. The zero-order chi connectivity index (χ0) is 15.5. The Labute approximate surface area is 134 Å². The number of aliphatic imine (C=N–C) groups is 1. The van der Waals surface area contributed by atoms with E-state index < -0.39 is 5.92 Å². The summed E-state index contributed by atoms with van der Waals surface area (Å²) in [6, 6.07) is 7.23. The van der Waals surface area contributed by atoms with Crippen LogP contribution in [0.4, 0.5) is 0 Å². The number of carbonyl (C=O) groups excluding carboxylic acids is 2. The predicted molar refractivity (Wildman–Crippen MR) is 86.0 cm³/mol. The molecule has 0 fully saturated rings. The van der Waals surface area contributed by atoms with Crippen LogP contribution >= 0.6 is 11.6 Å². The van der Waals surface area contributed by atoms with Crippen LogP contribution in [0.2, 0.25) is 5.02 Å². The third-order valence-corrected chi connectivity index (χ3v) is 4.26. The first kappa shape index (κ1) is 15.0. The second-order valence-electron chi connectivity index (χ2n) is 5.59. The molecule has 4 nitrogen and oxygen atoms in total. The number of hydrogen-bond acceptors (Lipinski definition) is 3. The molecule has 2 aliphatic rings. The van der Waals surface area contributed by atoms with Crippen LogP contribution in [0.15, 0.2) is 40.9 Å². The molecule has 0 saturated carbocycles. The normalized spacial score (nSPS) is 23.7. The zero-order valence-electron chi connectivity index (χ0n) is 12.1. The molecule has 2 atom stereocenters. The summed E-state index contributed by atoms with van der Waals surface area (Å²) in [7, 11) is 0. The molecule has 0 saturated heterocycles. The number of hydrogen-bond donors (Lipinski definition) is 1. The van der Waals surface area contributed by atoms with Crippen LogP contribution < -0.4 is 5.32 Å². The Bertz CT molecular complexity index is 666. The highest BCUT2D eigenvalue weighted by atomic mass is 35.5. The number of amides is 1. The van der Waals surface area contributed by atoms with Crippen LogP contribution in [0.5, 0.6) is 0 Å². The van der Waals surface area contributed by atoms with Gasteiger partial charge >= 0.3 is 0 Å². The number of carbonyl (C=O) groups is 2. The molecule has 1 heterocycles. The maximum absolute atomic E-state index is 12.4. The van der Waals surface area contributed by atoms with Gasteiger partial charge in [-0.05, 0) is 37.0 Å². The second-order valence-corrected chi connectivity index (χ2v) is 6.03. The number of allylic oxidation sites excluding steroid dienone is 1. The van der Waals surface area contributed by atoms with Crippen molar-refractivity contribution in [1.29, 1.82) is 0 Å². The van der Waals surface area contributed by atoms with Gasteiger partial charge in [0.05, 0.1) is 6.04 Å². The fourth-order valence-electron chi connectivity index (χ4n) is 2.85. The van der Waals surface area contributed by atoms with Gasteiger partial charge in [0, 0.05) is 23.4 Å². The van der Waals surface area contributed by atoms with E-state index in [1.165, 1.54) is 6.21 Å². The second kappa shape index (κ2) is 6.44. The van der Waals surface area contributed by atoms with Gasteiger partial charge in [0.1, 0.15) is 5.92 Å². The van der Waals surface area contributed by atoms with Gasteiger partial charge < -0.3 is 5.32 Å². The van der Waals surface area contributed by atoms with Gasteiger partial charge in [-0.2, -0.15) is 0 Å². The molecule has 2 unspecified atom stereocenters. The summed E-state index contributed by atoms with van der Waals surface area (Å²) < 4.78 is 0. The number of Topliss-reactive ketones (excluding diaryl/α,β-unsaturated/α-hetero) is 1. The standard InChI is InChI=1S/C17H17ClN2O2/c18-12-5-3-4-11(8-12)9-20-17(22)14-10-19-15-7-2-1-6-13(15)16(14)21/h3-6,8,10,14-15H,1-2,7,9H2,(H,20,22). The average molecular weight is 317 g/mol. The molecule has 1 amide bonds. The van der Waals surface area contributed by atoms with Gasteiger partial charge in [0.15, 0.2) is 5.78 Å². The molecule has 1 N–H and O–H groups in total. The average Bonchev–Trinajstić information content (AvgIpc) is 2.53. The summed E-state index contributed by atoms with van der Waals surface area (Å²) in [5.41, 5.74) is 1.60. The van der Waals surface area contributed by atoms with Crippen LogP contribution in [-0.4, -0.2) is 23.9 Å². The quantitative estimate of drug-likeness (QED) is 0.872. The van der Waals surface area contributed by atoms with Gasteiger partial charge in [-0.1, -0.05) is 29.8 Å². The molecule has 22 heavy (non-hydrogen) atoms. The number of nitrogens with zero attached hydrogens (tertiary/aromatic N) is 1. The lowest BCUT2D eigenvalue weighted by atomic mass is 9.84. The van der Waals surface area contributed by atoms with Crippen molar-refractivity contribution in [1.82, 2.24) is 5.32 Å². The van der Waals surface area contributed by atoms with Crippen LogP contribution in [-0.2, 0) is 16.1 Å². The predicted octanol–water partition coefficient (Wildman–Crippen LogP) is 2.70. The van der Waals surface area contributed by atoms with Crippen LogP contribution in [0.1, 0.15) is 24.8 Å². The molecule has 0 radical (unpaired) electrons. The molecular formula is C17H17ClN2O2. The third kappa shape index (κ3) is 3.12.